The van der Waals surface area contributed by atoms with E-state index in [1.54, 1.807) is 7.11 Å². The van der Waals surface area contributed by atoms with Gasteiger partial charge in [0.05, 0.1) is 26.3 Å². The normalized spacial score (nSPS) is 21.0. The molecule has 1 N–H and O–H groups in total. The van der Waals surface area contributed by atoms with E-state index >= 15 is 0 Å². The number of hydrogen-bond acceptors (Lipinski definition) is 4. The Labute approximate surface area is 142 Å². The Bertz CT molecular complexity index is 721. The van der Waals surface area contributed by atoms with Gasteiger partial charge in [0.25, 0.3) is 0 Å². The number of piperidine rings is 1. The number of likely N-dealkylation sites (tertiary alicyclic amines) is 1. The zero-order valence-corrected chi connectivity index (χ0v) is 14.7. The van der Waals surface area contributed by atoms with Crippen LogP contribution in [0.15, 0.2) is 22.6 Å². The minimum atomic E-state index is -0.316. The van der Waals surface area contributed by atoms with Crippen molar-refractivity contribution < 1.29 is 23.6 Å². The molecule has 5 heteroatoms. The molecule has 0 amide bonds. The summed E-state index contributed by atoms with van der Waals surface area (Å²) in [6.45, 7) is 6.26. The van der Waals surface area contributed by atoms with Crippen LogP contribution in [0.25, 0.3) is 11.0 Å². The van der Waals surface area contributed by atoms with Gasteiger partial charge in [0, 0.05) is 5.39 Å². The van der Waals surface area contributed by atoms with Crippen LogP contribution in [-0.4, -0.2) is 32.3 Å². The average Bonchev–Trinajstić information content (AvgIpc) is 2.94. The third kappa shape index (κ3) is 3.26. The summed E-state index contributed by atoms with van der Waals surface area (Å²) in [6, 6.07) is 6.14. The molecule has 1 unspecified atom stereocenters. The molecule has 0 radical (unpaired) electrons. The van der Waals surface area contributed by atoms with Gasteiger partial charge in [-0.1, -0.05) is 0 Å². The molecule has 2 heterocycles. The first-order valence-corrected chi connectivity index (χ1v) is 8.75. The minimum absolute atomic E-state index is 0.316. The third-order valence-electron chi connectivity index (χ3n) is 4.92. The molecule has 2 aromatic rings. The van der Waals surface area contributed by atoms with Gasteiger partial charge in [0.2, 0.25) is 0 Å². The van der Waals surface area contributed by atoms with Gasteiger partial charge < -0.3 is 18.8 Å². The lowest BCUT2D eigenvalue weighted by Gasteiger charge is -2.29. The summed E-state index contributed by atoms with van der Waals surface area (Å²) in [5.74, 6) is 1.11. The van der Waals surface area contributed by atoms with Crippen molar-refractivity contribution in [3.63, 3.8) is 0 Å². The van der Waals surface area contributed by atoms with Crippen molar-refractivity contribution in [3.8, 4) is 5.75 Å². The number of esters is 1. The number of carbonyl (C=O) groups excluding carboxylic acids is 1. The van der Waals surface area contributed by atoms with Gasteiger partial charge in [0.15, 0.2) is 5.76 Å². The number of ether oxygens (including phenoxy) is 2. The molecule has 0 aliphatic carbocycles. The highest BCUT2D eigenvalue weighted by atomic mass is 16.5. The number of rotatable bonds is 5. The minimum Gasteiger partial charge on any atom is -0.497 e. The smallest absolute Gasteiger partial charge is 0.342 e. The maximum Gasteiger partial charge on any atom is 0.342 e. The summed E-state index contributed by atoms with van der Waals surface area (Å²) >= 11 is 0. The molecule has 2 atom stereocenters. The van der Waals surface area contributed by atoms with E-state index in [-0.39, 0.29) is 5.97 Å². The maximum absolute atomic E-state index is 12.5. The monoisotopic (exact) mass is 332 g/mol. The van der Waals surface area contributed by atoms with Crippen LogP contribution in [0.3, 0.4) is 0 Å². The Morgan fingerprint density at radius 1 is 1.38 bits per heavy atom. The van der Waals surface area contributed by atoms with Gasteiger partial charge in [-0.15, -0.1) is 0 Å². The van der Waals surface area contributed by atoms with Crippen LogP contribution >= 0.6 is 0 Å². The molecule has 1 aromatic heterocycles. The lowest BCUT2D eigenvalue weighted by atomic mass is 10.0. The van der Waals surface area contributed by atoms with Crippen LogP contribution in [0.4, 0.5) is 0 Å². The second kappa shape index (κ2) is 7.26. The molecule has 3 rings (SSSR count). The molecular weight excluding hydrogens is 306 g/mol. The zero-order chi connectivity index (χ0) is 17.1. The summed E-state index contributed by atoms with van der Waals surface area (Å²) in [5.41, 5.74) is 1.26. The fourth-order valence-electron chi connectivity index (χ4n) is 3.53. The van der Waals surface area contributed by atoms with Crippen LogP contribution in [0.2, 0.25) is 0 Å². The van der Waals surface area contributed by atoms with E-state index in [0.29, 0.717) is 36.1 Å². The van der Waals surface area contributed by atoms with Crippen LogP contribution in [-0.2, 0) is 11.3 Å². The van der Waals surface area contributed by atoms with E-state index in [1.165, 1.54) is 24.2 Å². The second-order valence-corrected chi connectivity index (χ2v) is 6.46. The molecule has 0 bridgehead atoms. The highest BCUT2D eigenvalue weighted by Gasteiger charge is 2.29. The van der Waals surface area contributed by atoms with Gasteiger partial charge in [-0.3, -0.25) is 0 Å². The molecule has 0 spiro atoms. The van der Waals surface area contributed by atoms with Crippen molar-refractivity contribution in [1.82, 2.24) is 0 Å². The van der Waals surface area contributed by atoms with E-state index in [4.69, 9.17) is 13.9 Å². The van der Waals surface area contributed by atoms with E-state index in [2.05, 4.69) is 6.92 Å². The lowest BCUT2D eigenvalue weighted by Crippen LogP contribution is -3.14. The van der Waals surface area contributed by atoms with Gasteiger partial charge in [-0.25, -0.2) is 4.79 Å². The third-order valence-corrected chi connectivity index (χ3v) is 4.92. The molecule has 1 aliphatic heterocycles. The lowest BCUT2D eigenvalue weighted by molar-refractivity contribution is -0.942. The Hall–Kier alpha value is -2.01. The van der Waals surface area contributed by atoms with Crippen LogP contribution in [0.1, 0.15) is 49.2 Å². The number of furan rings is 1. The molecule has 0 saturated carbocycles. The summed E-state index contributed by atoms with van der Waals surface area (Å²) in [6.07, 6.45) is 3.73. The molecule has 1 aliphatic rings. The average molecular weight is 332 g/mol. The summed E-state index contributed by atoms with van der Waals surface area (Å²) < 4.78 is 16.6. The Balaban J connectivity index is 2.01. The van der Waals surface area contributed by atoms with E-state index < -0.39 is 0 Å². The highest BCUT2D eigenvalue weighted by Crippen LogP contribution is 2.30. The first-order valence-electron chi connectivity index (χ1n) is 8.75. The van der Waals surface area contributed by atoms with Crippen molar-refractivity contribution in [2.45, 2.75) is 45.7 Å². The van der Waals surface area contributed by atoms with Crippen molar-refractivity contribution in [2.75, 3.05) is 20.3 Å². The fraction of sp³-hybridized carbons (Fsp3) is 0.526. The predicted octanol–water partition coefficient (Wildman–Crippen LogP) is 2.58. The predicted molar refractivity (Wildman–Crippen MR) is 91.6 cm³/mol. The SMILES string of the molecule is CCOC(=O)c1c(C[NH+]2CCCC[C@H]2C)oc2ccc(OC)cc12. The summed E-state index contributed by atoms with van der Waals surface area (Å²) in [5, 5.41) is 0.770. The van der Waals surface area contributed by atoms with Gasteiger partial charge in [0.1, 0.15) is 23.4 Å². The number of nitrogens with one attached hydrogen (secondary N) is 1. The number of methoxy groups -OCH3 is 1. The first-order chi connectivity index (χ1) is 11.6. The quantitative estimate of drug-likeness (QED) is 0.855. The Kier molecular flexibility index (Phi) is 5.09. The van der Waals surface area contributed by atoms with Crippen molar-refractivity contribution >= 4 is 16.9 Å². The fourth-order valence-corrected chi connectivity index (χ4v) is 3.53. The molecular formula is C19H26NO4+. The van der Waals surface area contributed by atoms with E-state index in [0.717, 1.165) is 17.7 Å². The number of benzene rings is 1. The Morgan fingerprint density at radius 3 is 2.92 bits per heavy atom. The molecule has 5 nitrogen and oxygen atoms in total. The second-order valence-electron chi connectivity index (χ2n) is 6.46. The number of carbonyl (C=O) groups is 1. The molecule has 24 heavy (non-hydrogen) atoms. The molecule has 1 aromatic carbocycles. The molecule has 1 fully saturated rings. The largest absolute Gasteiger partial charge is 0.497 e. The molecule has 130 valence electrons. The standard InChI is InChI=1S/C19H25NO4/c1-4-23-19(21)18-15-11-14(22-3)8-9-16(15)24-17(18)12-20-10-6-5-7-13(20)2/h8-9,11,13H,4-7,10,12H2,1-3H3/p+1/t13-/m1/s1. The van der Waals surface area contributed by atoms with E-state index in [9.17, 15) is 4.79 Å². The van der Waals surface area contributed by atoms with Crippen molar-refractivity contribution in [2.24, 2.45) is 0 Å². The van der Waals surface area contributed by atoms with Crippen LogP contribution in [0, 0.1) is 0 Å². The van der Waals surface area contributed by atoms with Crippen LogP contribution in [0.5, 0.6) is 5.75 Å². The number of hydrogen-bond donors (Lipinski definition) is 1. The van der Waals surface area contributed by atoms with Crippen molar-refractivity contribution in [3.05, 3.63) is 29.5 Å². The molecule has 1 saturated heterocycles. The zero-order valence-electron chi connectivity index (χ0n) is 14.7. The highest BCUT2D eigenvalue weighted by molar-refractivity contribution is 6.04. The van der Waals surface area contributed by atoms with E-state index in [1.807, 2.05) is 25.1 Å². The van der Waals surface area contributed by atoms with Gasteiger partial charge in [-0.05, 0) is 51.3 Å². The summed E-state index contributed by atoms with van der Waals surface area (Å²) in [4.78, 5) is 14.0. The van der Waals surface area contributed by atoms with Gasteiger partial charge >= 0.3 is 5.97 Å². The topological polar surface area (TPSA) is 53.1 Å². The Morgan fingerprint density at radius 2 is 2.21 bits per heavy atom. The van der Waals surface area contributed by atoms with Crippen LogP contribution < -0.4 is 9.64 Å². The van der Waals surface area contributed by atoms with Gasteiger partial charge in [-0.2, -0.15) is 0 Å². The maximum atomic E-state index is 12.5. The van der Waals surface area contributed by atoms with Crippen molar-refractivity contribution in [1.29, 1.82) is 0 Å². The number of fused-ring (bicyclic) bond motifs is 1. The summed E-state index contributed by atoms with van der Waals surface area (Å²) in [7, 11) is 1.62. The number of quaternary nitrogens is 1. The first kappa shape index (κ1) is 16.8.